The Bertz CT molecular complexity index is 5390. The number of aryl methyl sites for hydroxylation is 4. The largest absolute Gasteiger partial charge is 0.388 e. The lowest BCUT2D eigenvalue weighted by Gasteiger charge is -2.28. The molecule has 0 saturated carbocycles. The van der Waals surface area contributed by atoms with Gasteiger partial charge in [0, 0.05) is 63.0 Å². The molecule has 1 N–H and O–H groups in total. The number of hydrogen-bond donors (Lipinski definition) is 1. The lowest BCUT2D eigenvalue weighted by Crippen LogP contribution is -2.11. The van der Waals surface area contributed by atoms with E-state index in [0.29, 0.717) is 0 Å². The van der Waals surface area contributed by atoms with E-state index in [0.717, 1.165) is 28.4 Å². The fourth-order valence-corrected chi connectivity index (χ4v) is 13.1. The lowest BCUT2D eigenvalue weighted by atomic mass is 10.0. The van der Waals surface area contributed by atoms with Crippen LogP contribution in [-0.4, -0.2) is 7.05 Å². The molecule has 4 nitrogen and oxygen atoms in total. The highest BCUT2D eigenvalue weighted by Gasteiger charge is 2.19. The van der Waals surface area contributed by atoms with Crippen molar-refractivity contribution in [2.24, 2.45) is 0 Å². The van der Waals surface area contributed by atoms with Crippen LogP contribution in [0.15, 0.2) is 376 Å². The van der Waals surface area contributed by atoms with Gasteiger partial charge in [-0.25, -0.2) is 0 Å². The smallest absolute Gasteiger partial charge is 0.0540 e. The van der Waals surface area contributed by atoms with E-state index >= 15 is 0 Å². The Hall–Kier alpha value is -12.5. The van der Waals surface area contributed by atoms with Crippen LogP contribution >= 0.6 is 0 Å². The van der Waals surface area contributed by atoms with Crippen molar-refractivity contribution in [3.8, 4) is 11.1 Å². The van der Waals surface area contributed by atoms with Crippen LogP contribution in [0.1, 0.15) is 22.3 Å². The molecule has 0 radical (unpaired) electrons. The first kappa shape index (κ1) is 63.9. The summed E-state index contributed by atoms with van der Waals surface area (Å²) >= 11 is 0. The summed E-state index contributed by atoms with van der Waals surface area (Å²) in [6.45, 7) is 8.49. The molecule has 17 rings (SSSR count). The number of rotatable bonds is 11. The van der Waals surface area contributed by atoms with Crippen LogP contribution in [0.25, 0.3) is 75.8 Å². The third-order valence-corrected chi connectivity index (χ3v) is 18.4. The molecule has 17 aromatic rings. The van der Waals surface area contributed by atoms with Crippen molar-refractivity contribution in [1.29, 1.82) is 0 Å². The molecule has 0 amide bonds. The Labute approximate surface area is 582 Å². The quantitative estimate of drug-likeness (QED) is 0.139. The maximum atomic E-state index is 3.11. The summed E-state index contributed by atoms with van der Waals surface area (Å²) in [6.07, 6.45) is 0. The zero-order valence-electron chi connectivity index (χ0n) is 56.6. The number of nitrogens with one attached hydrogen (secondary N) is 1. The molecule has 0 unspecified atom stereocenters. The molecule has 0 heterocycles. The monoisotopic (exact) mass is 1270 g/mol. The van der Waals surface area contributed by atoms with Gasteiger partial charge in [0.25, 0.3) is 0 Å². The predicted octanol–water partition coefficient (Wildman–Crippen LogP) is 27.0. The second kappa shape index (κ2) is 29.6. The highest BCUT2D eigenvalue weighted by molar-refractivity contribution is 6.05. The van der Waals surface area contributed by atoms with E-state index in [2.05, 4.69) is 424 Å². The fraction of sp³-hybridized carbons (Fsp3) is 0.0526. The zero-order chi connectivity index (χ0) is 67.4. The van der Waals surface area contributed by atoms with Crippen molar-refractivity contribution < 1.29 is 0 Å². The fourth-order valence-electron chi connectivity index (χ4n) is 13.1. The summed E-state index contributed by atoms with van der Waals surface area (Å²) in [5.74, 6) is 0. The summed E-state index contributed by atoms with van der Waals surface area (Å²) in [5, 5.41) is 18.1. The molecule has 17 aromatic carbocycles. The molecular formula is C95H78N4. The second-order valence-corrected chi connectivity index (χ2v) is 25.3. The third kappa shape index (κ3) is 14.5. The maximum absolute atomic E-state index is 3.11. The first-order chi connectivity index (χ1) is 48.7. The van der Waals surface area contributed by atoms with E-state index in [1.165, 1.54) is 126 Å². The van der Waals surface area contributed by atoms with E-state index in [1.807, 2.05) is 7.05 Å². The Kier molecular flexibility index (Phi) is 19.1. The molecule has 0 saturated heterocycles. The van der Waals surface area contributed by atoms with Crippen LogP contribution in [0, 0.1) is 27.7 Å². The Morgan fingerprint density at radius 3 is 0.798 bits per heavy atom. The van der Waals surface area contributed by atoms with Crippen LogP contribution in [0.3, 0.4) is 0 Å². The second-order valence-electron chi connectivity index (χ2n) is 25.3. The average Bonchev–Trinajstić information content (AvgIpc) is 0.801. The van der Waals surface area contributed by atoms with Gasteiger partial charge in [-0.15, -0.1) is 0 Å². The van der Waals surface area contributed by atoms with Gasteiger partial charge in [-0.2, -0.15) is 0 Å². The number of fused-ring (bicyclic) bond motifs is 6. The van der Waals surface area contributed by atoms with Gasteiger partial charge in [0.1, 0.15) is 0 Å². The van der Waals surface area contributed by atoms with Crippen LogP contribution in [0.2, 0.25) is 0 Å². The topological polar surface area (TPSA) is 21.8 Å². The van der Waals surface area contributed by atoms with Crippen LogP contribution < -0.4 is 20.0 Å². The van der Waals surface area contributed by atoms with Gasteiger partial charge in [-0.05, 0) is 190 Å². The van der Waals surface area contributed by atoms with Gasteiger partial charge in [0.2, 0.25) is 0 Å². The first-order valence-electron chi connectivity index (χ1n) is 34.0. The lowest BCUT2D eigenvalue weighted by molar-refractivity contribution is 1.28. The molecule has 478 valence electrons. The summed E-state index contributed by atoms with van der Waals surface area (Å²) in [7, 11) is 1.93. The molecule has 0 aliphatic carbocycles. The molecule has 99 heavy (non-hydrogen) atoms. The first-order valence-corrected chi connectivity index (χ1v) is 34.0. The van der Waals surface area contributed by atoms with Gasteiger partial charge < -0.3 is 20.0 Å². The Morgan fingerprint density at radius 2 is 0.444 bits per heavy atom. The molecule has 0 bridgehead atoms. The van der Waals surface area contributed by atoms with Crippen LogP contribution in [0.4, 0.5) is 56.9 Å². The van der Waals surface area contributed by atoms with Gasteiger partial charge in [0.15, 0.2) is 0 Å². The third-order valence-electron chi connectivity index (χ3n) is 18.4. The number of anilines is 10. The molecule has 0 fully saturated rings. The van der Waals surface area contributed by atoms with E-state index in [4.69, 9.17) is 0 Å². The highest BCUT2D eigenvalue weighted by Crippen LogP contribution is 2.44. The SMILES string of the molecule is CNc1ccc(-c2ccc(C)cc2)cc1.Cc1ccc(N(c2ccc3ccccc3c2)c2ccc3ccccc3c2)cc1.Cc1ccc(N(c2ccc3ccccc3c2)c2cccc3ccccc23)cc1.Cc1ccc(N(c2cccc3ccccc23)c2cccc3ccccc23)cc1. The maximum Gasteiger partial charge on any atom is 0.0540 e. The number of nitrogens with zero attached hydrogens (tertiary/aromatic N) is 3. The molecule has 0 atom stereocenters. The molecular weight excluding hydrogens is 1200 g/mol. The molecule has 4 heteroatoms. The number of benzene rings is 17. The molecule has 0 spiro atoms. The molecule has 0 aliphatic heterocycles. The van der Waals surface area contributed by atoms with Gasteiger partial charge >= 0.3 is 0 Å². The predicted molar refractivity (Wildman–Crippen MR) is 429 cm³/mol. The van der Waals surface area contributed by atoms with Crippen molar-refractivity contribution in [3.63, 3.8) is 0 Å². The summed E-state index contributed by atoms with van der Waals surface area (Å²) in [6, 6.07) is 134. The summed E-state index contributed by atoms with van der Waals surface area (Å²) < 4.78 is 0. The minimum atomic E-state index is 1.14. The minimum Gasteiger partial charge on any atom is -0.388 e. The van der Waals surface area contributed by atoms with E-state index in [-0.39, 0.29) is 0 Å². The van der Waals surface area contributed by atoms with Crippen molar-refractivity contribution >= 4 is 122 Å². The molecule has 0 aromatic heterocycles. The Balaban J connectivity index is 0.000000115. The van der Waals surface area contributed by atoms with Gasteiger partial charge in [0.05, 0.1) is 17.1 Å². The van der Waals surface area contributed by atoms with Gasteiger partial charge in [-0.3, -0.25) is 0 Å². The van der Waals surface area contributed by atoms with Crippen LogP contribution in [-0.2, 0) is 0 Å². The van der Waals surface area contributed by atoms with Crippen molar-refractivity contribution in [1.82, 2.24) is 0 Å². The van der Waals surface area contributed by atoms with Crippen molar-refractivity contribution in [3.05, 3.63) is 398 Å². The zero-order valence-corrected chi connectivity index (χ0v) is 56.6. The average molecular weight is 1280 g/mol. The van der Waals surface area contributed by atoms with Crippen molar-refractivity contribution in [2.75, 3.05) is 27.1 Å². The highest BCUT2D eigenvalue weighted by atomic mass is 15.2. The summed E-state index contributed by atoms with van der Waals surface area (Å²) in [5.41, 5.74) is 19.3. The number of hydrogen-bond acceptors (Lipinski definition) is 4. The van der Waals surface area contributed by atoms with E-state index in [9.17, 15) is 0 Å². The van der Waals surface area contributed by atoms with Crippen molar-refractivity contribution in [2.45, 2.75) is 27.7 Å². The Morgan fingerprint density at radius 1 is 0.192 bits per heavy atom. The van der Waals surface area contributed by atoms with E-state index < -0.39 is 0 Å². The van der Waals surface area contributed by atoms with Crippen LogP contribution in [0.5, 0.6) is 0 Å². The minimum absolute atomic E-state index is 1.14. The summed E-state index contributed by atoms with van der Waals surface area (Å²) in [4.78, 5) is 7.07. The molecule has 0 aliphatic rings. The van der Waals surface area contributed by atoms with Gasteiger partial charge in [-0.1, -0.05) is 295 Å². The van der Waals surface area contributed by atoms with E-state index in [1.54, 1.807) is 0 Å². The normalized spacial score (nSPS) is 10.9. The standard InChI is InChI=1S/3C27H21N.C14H15N/c1-20-16-18-23(19-17-20)28(26-14-6-10-21-8-2-4-12-24(21)26)27-15-7-11-22-9-3-5-13-25(22)27;1-20-10-14-25(15-11-20)28(26-16-12-21-6-2-4-8-23(21)18-26)27-17-13-22-7-3-5-9-24(22)19-27;1-20-13-16-24(17-14-20)28(25-18-15-21-7-2-3-9-23(21)19-25)27-12-6-10-22-8-4-5-11-26(22)27;1-11-3-5-12(6-4-11)13-7-9-14(15-2)10-8-13/h3*2-19H,1H3;3-10,15H,1-2H3.